The molecule has 0 spiro atoms. The van der Waals surface area contributed by atoms with Crippen molar-refractivity contribution in [1.82, 2.24) is 0 Å². The molecule has 0 aliphatic heterocycles. The van der Waals surface area contributed by atoms with Gasteiger partial charge >= 0.3 is 0 Å². The highest BCUT2D eigenvalue weighted by atomic mass is 32.2. The van der Waals surface area contributed by atoms with Crippen LogP contribution in [0.3, 0.4) is 0 Å². The quantitative estimate of drug-likeness (QED) is 0.817. The van der Waals surface area contributed by atoms with Crippen LogP contribution in [0.5, 0.6) is 0 Å². The Balaban J connectivity index is 2.33. The van der Waals surface area contributed by atoms with Crippen LogP contribution in [-0.4, -0.2) is 6.04 Å². The van der Waals surface area contributed by atoms with Crippen LogP contribution in [0.1, 0.15) is 34.4 Å². The van der Waals surface area contributed by atoms with E-state index in [1.54, 1.807) is 0 Å². The summed E-state index contributed by atoms with van der Waals surface area (Å²) in [6.45, 7) is 8.52. The molecule has 0 bridgehead atoms. The average Bonchev–Trinajstić information content (AvgIpc) is 2.39. The Hall–Kier alpha value is -1.25. The molecule has 0 fully saturated rings. The maximum Gasteiger partial charge on any atom is 0.0493 e. The molecule has 0 saturated heterocycles. The maximum atomic E-state index is 6.23. The predicted octanol–water partition coefficient (Wildman–Crippen LogP) is 4.79. The van der Waals surface area contributed by atoms with Crippen LogP contribution in [0.25, 0.3) is 0 Å². The number of thioether (sulfide) groups is 1. The highest BCUT2D eigenvalue weighted by Gasteiger charge is 2.18. The van der Waals surface area contributed by atoms with Gasteiger partial charge in [-0.2, -0.15) is 0 Å². The van der Waals surface area contributed by atoms with E-state index >= 15 is 0 Å². The van der Waals surface area contributed by atoms with Crippen LogP contribution in [0.15, 0.2) is 47.4 Å². The van der Waals surface area contributed by atoms with E-state index < -0.39 is 0 Å². The van der Waals surface area contributed by atoms with Crippen LogP contribution in [-0.2, 0) is 0 Å². The molecule has 2 heteroatoms. The normalized spacial score (nSPS) is 14.1. The van der Waals surface area contributed by atoms with Gasteiger partial charge in [-0.15, -0.1) is 11.8 Å². The Bertz CT molecular complexity index is 590. The zero-order valence-corrected chi connectivity index (χ0v) is 13.5. The van der Waals surface area contributed by atoms with Gasteiger partial charge in [0, 0.05) is 16.2 Å². The third kappa shape index (κ3) is 3.65. The molecule has 2 atom stereocenters. The van der Waals surface area contributed by atoms with E-state index in [9.17, 15) is 0 Å². The first-order valence-corrected chi connectivity index (χ1v) is 7.91. The molecule has 106 valence electrons. The number of benzene rings is 2. The van der Waals surface area contributed by atoms with Crippen LogP contribution in [0, 0.1) is 20.8 Å². The minimum atomic E-state index is 0.113. The Morgan fingerprint density at radius 1 is 0.950 bits per heavy atom. The molecule has 2 aromatic rings. The summed E-state index contributed by atoms with van der Waals surface area (Å²) in [7, 11) is 0. The van der Waals surface area contributed by atoms with Crippen molar-refractivity contribution in [2.24, 2.45) is 5.73 Å². The number of rotatable bonds is 4. The van der Waals surface area contributed by atoms with Crippen molar-refractivity contribution >= 4 is 11.8 Å². The van der Waals surface area contributed by atoms with Crippen molar-refractivity contribution < 1.29 is 0 Å². The highest BCUT2D eigenvalue weighted by Crippen LogP contribution is 2.39. The summed E-state index contributed by atoms with van der Waals surface area (Å²) < 4.78 is 0. The van der Waals surface area contributed by atoms with Gasteiger partial charge in [-0.3, -0.25) is 0 Å². The lowest BCUT2D eigenvalue weighted by molar-refractivity contribution is 0.720. The zero-order chi connectivity index (χ0) is 14.7. The van der Waals surface area contributed by atoms with E-state index in [1.165, 1.54) is 27.1 Å². The van der Waals surface area contributed by atoms with Gasteiger partial charge in [0.1, 0.15) is 0 Å². The van der Waals surface area contributed by atoms with Gasteiger partial charge in [-0.1, -0.05) is 47.5 Å². The standard InChI is InChI=1S/C18H23NS/c1-12-6-5-7-16(10-12)18(15(4)19)20-17-11-13(2)8-9-14(17)3/h5-11,15,18H,19H2,1-4H3. The summed E-state index contributed by atoms with van der Waals surface area (Å²) in [4.78, 5) is 1.33. The van der Waals surface area contributed by atoms with Crippen LogP contribution in [0.2, 0.25) is 0 Å². The van der Waals surface area contributed by atoms with Crippen molar-refractivity contribution in [2.75, 3.05) is 0 Å². The van der Waals surface area contributed by atoms with Crippen molar-refractivity contribution in [3.8, 4) is 0 Å². The fraction of sp³-hybridized carbons (Fsp3) is 0.333. The number of hydrogen-bond donors (Lipinski definition) is 1. The van der Waals surface area contributed by atoms with E-state index in [-0.39, 0.29) is 11.3 Å². The second-order valence-corrected chi connectivity index (χ2v) is 6.76. The summed E-state index contributed by atoms with van der Waals surface area (Å²) in [6, 6.07) is 15.4. The fourth-order valence-electron chi connectivity index (χ4n) is 2.30. The molecule has 0 aromatic heterocycles. The first kappa shape index (κ1) is 15.1. The van der Waals surface area contributed by atoms with Crippen LogP contribution in [0.4, 0.5) is 0 Å². The molecule has 2 aromatic carbocycles. The van der Waals surface area contributed by atoms with Crippen LogP contribution < -0.4 is 5.73 Å². The Kier molecular flexibility index (Phi) is 4.90. The second kappa shape index (κ2) is 6.47. The fourth-order valence-corrected chi connectivity index (χ4v) is 3.58. The average molecular weight is 285 g/mol. The molecule has 0 radical (unpaired) electrons. The van der Waals surface area contributed by atoms with E-state index in [0.717, 1.165) is 0 Å². The topological polar surface area (TPSA) is 26.0 Å². The van der Waals surface area contributed by atoms with Gasteiger partial charge in [0.15, 0.2) is 0 Å². The van der Waals surface area contributed by atoms with Gasteiger partial charge in [0.2, 0.25) is 0 Å². The summed E-state index contributed by atoms with van der Waals surface area (Å²) in [5.74, 6) is 0. The van der Waals surface area contributed by atoms with Gasteiger partial charge in [-0.05, 0) is 44.9 Å². The summed E-state index contributed by atoms with van der Waals surface area (Å²) in [6.07, 6.45) is 0. The van der Waals surface area contributed by atoms with E-state index in [0.29, 0.717) is 0 Å². The van der Waals surface area contributed by atoms with Crippen molar-refractivity contribution in [3.05, 3.63) is 64.7 Å². The Labute approximate surface area is 126 Å². The third-order valence-electron chi connectivity index (χ3n) is 3.45. The summed E-state index contributed by atoms with van der Waals surface area (Å²) in [5.41, 5.74) is 11.4. The molecular formula is C18H23NS. The van der Waals surface area contributed by atoms with Gasteiger partial charge < -0.3 is 5.73 Å². The lowest BCUT2D eigenvalue weighted by Crippen LogP contribution is -2.22. The van der Waals surface area contributed by atoms with E-state index in [1.807, 2.05) is 11.8 Å². The smallest absolute Gasteiger partial charge is 0.0493 e. The van der Waals surface area contributed by atoms with Gasteiger partial charge in [0.25, 0.3) is 0 Å². The molecule has 1 nitrogen and oxygen atoms in total. The molecule has 0 saturated carbocycles. The van der Waals surface area contributed by atoms with Crippen LogP contribution >= 0.6 is 11.8 Å². The highest BCUT2D eigenvalue weighted by molar-refractivity contribution is 7.99. The molecular weight excluding hydrogens is 262 g/mol. The Morgan fingerprint density at radius 3 is 2.30 bits per heavy atom. The Morgan fingerprint density at radius 2 is 1.65 bits per heavy atom. The molecule has 0 amide bonds. The van der Waals surface area contributed by atoms with Gasteiger partial charge in [0.05, 0.1) is 0 Å². The maximum absolute atomic E-state index is 6.23. The minimum absolute atomic E-state index is 0.113. The number of nitrogens with two attached hydrogens (primary N) is 1. The van der Waals surface area contributed by atoms with E-state index in [2.05, 4.69) is 70.2 Å². The second-order valence-electron chi connectivity index (χ2n) is 5.58. The summed E-state index contributed by atoms with van der Waals surface area (Å²) >= 11 is 1.87. The largest absolute Gasteiger partial charge is 0.327 e. The van der Waals surface area contributed by atoms with Crippen molar-refractivity contribution in [2.45, 2.75) is 43.9 Å². The molecule has 0 aliphatic carbocycles. The monoisotopic (exact) mass is 285 g/mol. The molecule has 2 N–H and O–H groups in total. The molecule has 0 aliphatic rings. The summed E-state index contributed by atoms with van der Waals surface area (Å²) in [5, 5.41) is 0.287. The third-order valence-corrected chi connectivity index (χ3v) is 5.09. The molecule has 2 rings (SSSR count). The molecule has 0 heterocycles. The zero-order valence-electron chi connectivity index (χ0n) is 12.7. The first-order valence-electron chi connectivity index (χ1n) is 7.03. The lowest BCUT2D eigenvalue weighted by Gasteiger charge is -2.22. The van der Waals surface area contributed by atoms with Crippen molar-refractivity contribution in [1.29, 1.82) is 0 Å². The lowest BCUT2D eigenvalue weighted by atomic mass is 10.0. The number of aryl methyl sites for hydroxylation is 3. The number of hydrogen-bond acceptors (Lipinski definition) is 2. The minimum Gasteiger partial charge on any atom is -0.327 e. The predicted molar refractivity (Wildman–Crippen MR) is 89.3 cm³/mol. The molecule has 20 heavy (non-hydrogen) atoms. The first-order chi connectivity index (χ1) is 9.47. The van der Waals surface area contributed by atoms with Crippen molar-refractivity contribution in [3.63, 3.8) is 0 Å². The SMILES string of the molecule is Cc1cccc(C(Sc2cc(C)ccc2C)C(C)N)c1. The molecule has 2 unspecified atom stereocenters. The van der Waals surface area contributed by atoms with Gasteiger partial charge in [-0.25, -0.2) is 0 Å². The van der Waals surface area contributed by atoms with E-state index in [4.69, 9.17) is 5.73 Å².